The first-order valence-electron chi connectivity index (χ1n) is 13.6. The Morgan fingerprint density at radius 2 is 0.931 bits per heavy atom. The van der Waals surface area contributed by atoms with Gasteiger partial charge in [-0.15, -0.1) is 0 Å². The van der Waals surface area contributed by atoms with Gasteiger partial charge in [-0.05, 0) is 30.6 Å². The van der Waals surface area contributed by atoms with Crippen LogP contribution in [-0.2, 0) is 0 Å². The summed E-state index contributed by atoms with van der Waals surface area (Å²) >= 11 is 0. The van der Waals surface area contributed by atoms with Crippen molar-refractivity contribution in [1.29, 1.82) is 0 Å². The van der Waals surface area contributed by atoms with Gasteiger partial charge in [0.2, 0.25) is 0 Å². The smallest absolute Gasteiger partial charge is 0.0122 e. The van der Waals surface area contributed by atoms with Gasteiger partial charge in [-0.25, -0.2) is 0 Å². The summed E-state index contributed by atoms with van der Waals surface area (Å²) in [6.07, 6.45) is 28.2. The van der Waals surface area contributed by atoms with Gasteiger partial charge in [-0.1, -0.05) is 156 Å². The third-order valence-corrected chi connectivity index (χ3v) is 7.47. The van der Waals surface area contributed by atoms with E-state index in [9.17, 15) is 0 Å². The van der Waals surface area contributed by atoms with Crippen LogP contribution in [-0.4, -0.2) is 0 Å². The van der Waals surface area contributed by atoms with Crippen molar-refractivity contribution in [3.63, 3.8) is 0 Å². The molecule has 0 amide bonds. The second kappa shape index (κ2) is 19.7. The van der Waals surface area contributed by atoms with E-state index in [0.717, 1.165) is 5.92 Å². The highest BCUT2D eigenvalue weighted by Gasteiger charge is 2.27. The zero-order valence-corrected chi connectivity index (χ0v) is 21.4. The van der Waals surface area contributed by atoms with Crippen LogP contribution in [0.1, 0.15) is 163 Å². The fourth-order valence-electron chi connectivity index (χ4n) is 4.44. The molecule has 0 aromatic heterocycles. The second-order valence-corrected chi connectivity index (χ2v) is 10.4. The quantitative estimate of drug-likeness (QED) is 0.124. The van der Waals surface area contributed by atoms with E-state index in [0.29, 0.717) is 5.41 Å². The molecule has 0 aromatic carbocycles. The Labute approximate surface area is 186 Å². The van der Waals surface area contributed by atoms with E-state index < -0.39 is 0 Å². The van der Waals surface area contributed by atoms with Crippen molar-refractivity contribution >= 4 is 0 Å². The monoisotopic (exact) mass is 406 g/mol. The molecular formula is C29H58. The highest BCUT2D eigenvalue weighted by Crippen LogP contribution is 2.39. The SMILES string of the molecule is C=C(CCCCCCCC)C(C)(C)C(C)CCCCCCCCCCCCCC. The number of hydrogen-bond acceptors (Lipinski definition) is 0. The van der Waals surface area contributed by atoms with Gasteiger partial charge in [0.05, 0.1) is 0 Å². The molecule has 0 heterocycles. The van der Waals surface area contributed by atoms with Gasteiger partial charge in [-0.2, -0.15) is 0 Å². The Kier molecular flexibility index (Phi) is 19.5. The van der Waals surface area contributed by atoms with Gasteiger partial charge < -0.3 is 0 Å². The predicted octanol–water partition coefficient (Wildman–Crippen LogP) is 11.0. The molecule has 0 spiro atoms. The molecule has 0 fully saturated rings. The third kappa shape index (κ3) is 16.1. The molecule has 0 aliphatic carbocycles. The van der Waals surface area contributed by atoms with Gasteiger partial charge in [0, 0.05) is 0 Å². The van der Waals surface area contributed by atoms with Crippen LogP contribution in [0, 0.1) is 11.3 Å². The first-order valence-corrected chi connectivity index (χ1v) is 13.6. The summed E-state index contributed by atoms with van der Waals surface area (Å²) in [4.78, 5) is 0. The molecule has 0 saturated heterocycles. The molecule has 0 bridgehead atoms. The van der Waals surface area contributed by atoms with Crippen LogP contribution in [0.3, 0.4) is 0 Å². The van der Waals surface area contributed by atoms with E-state index >= 15 is 0 Å². The summed E-state index contributed by atoms with van der Waals surface area (Å²) in [5.74, 6) is 0.762. The van der Waals surface area contributed by atoms with Crippen LogP contribution in [0.15, 0.2) is 12.2 Å². The average molecular weight is 407 g/mol. The lowest BCUT2D eigenvalue weighted by atomic mass is 9.71. The third-order valence-electron chi connectivity index (χ3n) is 7.47. The standard InChI is InChI=1S/C29H58/c1-7-9-11-13-15-16-17-18-19-20-22-24-26-28(4)29(5,6)27(3)25-23-21-14-12-10-8-2/h28H,3,7-26H2,1-2,4-6H3. The van der Waals surface area contributed by atoms with Crippen molar-refractivity contribution in [3.05, 3.63) is 12.2 Å². The lowest BCUT2D eigenvalue weighted by Crippen LogP contribution is -2.24. The molecule has 0 aromatic rings. The molecule has 0 radical (unpaired) electrons. The predicted molar refractivity (Wildman–Crippen MR) is 136 cm³/mol. The molecule has 1 unspecified atom stereocenters. The topological polar surface area (TPSA) is 0 Å². The van der Waals surface area contributed by atoms with E-state index in [1.54, 1.807) is 0 Å². The van der Waals surface area contributed by atoms with Gasteiger partial charge in [-0.3, -0.25) is 0 Å². The van der Waals surface area contributed by atoms with Crippen LogP contribution in [0.25, 0.3) is 0 Å². The maximum atomic E-state index is 4.49. The van der Waals surface area contributed by atoms with Gasteiger partial charge in [0.25, 0.3) is 0 Å². The Bertz CT molecular complexity index is 351. The molecule has 0 saturated carbocycles. The molecule has 0 heteroatoms. The lowest BCUT2D eigenvalue weighted by Gasteiger charge is -2.34. The average Bonchev–Trinajstić information content (AvgIpc) is 2.70. The van der Waals surface area contributed by atoms with Gasteiger partial charge in [0.15, 0.2) is 0 Å². The minimum Gasteiger partial charge on any atom is -0.0993 e. The van der Waals surface area contributed by atoms with Crippen LogP contribution < -0.4 is 0 Å². The highest BCUT2D eigenvalue weighted by atomic mass is 14.3. The van der Waals surface area contributed by atoms with E-state index in [-0.39, 0.29) is 0 Å². The first kappa shape index (κ1) is 28.7. The summed E-state index contributed by atoms with van der Waals surface area (Å²) in [5, 5.41) is 0. The van der Waals surface area contributed by atoms with E-state index in [2.05, 4.69) is 41.2 Å². The normalized spacial score (nSPS) is 13.0. The molecule has 0 aliphatic rings. The first-order chi connectivity index (χ1) is 14.0. The van der Waals surface area contributed by atoms with Crippen LogP contribution in [0.2, 0.25) is 0 Å². The largest absolute Gasteiger partial charge is 0.0993 e. The Balaban J connectivity index is 3.65. The molecule has 0 rings (SSSR count). The van der Waals surface area contributed by atoms with Crippen LogP contribution >= 0.6 is 0 Å². The number of rotatable bonds is 22. The summed E-state index contributed by atoms with van der Waals surface area (Å²) in [6.45, 7) is 16.4. The van der Waals surface area contributed by atoms with Crippen LogP contribution in [0.4, 0.5) is 0 Å². The van der Waals surface area contributed by atoms with Crippen molar-refractivity contribution in [3.8, 4) is 0 Å². The molecule has 1 atom stereocenters. The van der Waals surface area contributed by atoms with Gasteiger partial charge in [0.1, 0.15) is 0 Å². The minimum atomic E-state index is 0.307. The van der Waals surface area contributed by atoms with E-state index in [1.165, 1.54) is 134 Å². The molecule has 0 nitrogen and oxygen atoms in total. The molecule has 29 heavy (non-hydrogen) atoms. The Morgan fingerprint density at radius 3 is 1.34 bits per heavy atom. The van der Waals surface area contributed by atoms with Crippen molar-refractivity contribution in [2.75, 3.05) is 0 Å². The van der Waals surface area contributed by atoms with E-state index in [4.69, 9.17) is 0 Å². The van der Waals surface area contributed by atoms with E-state index in [1.807, 2.05) is 0 Å². The minimum absolute atomic E-state index is 0.307. The highest BCUT2D eigenvalue weighted by molar-refractivity contribution is 5.08. The van der Waals surface area contributed by atoms with Crippen molar-refractivity contribution in [2.24, 2.45) is 11.3 Å². The summed E-state index contributed by atoms with van der Waals surface area (Å²) in [7, 11) is 0. The molecule has 0 N–H and O–H groups in total. The number of allylic oxidation sites excluding steroid dienone is 1. The summed E-state index contributed by atoms with van der Waals surface area (Å²) in [5.41, 5.74) is 1.81. The fraction of sp³-hybridized carbons (Fsp3) is 0.931. The lowest BCUT2D eigenvalue weighted by molar-refractivity contribution is 0.255. The maximum Gasteiger partial charge on any atom is -0.0122 e. The fourth-order valence-corrected chi connectivity index (χ4v) is 4.44. The summed E-state index contributed by atoms with van der Waals surface area (Å²) < 4.78 is 0. The van der Waals surface area contributed by atoms with Gasteiger partial charge >= 0.3 is 0 Å². The van der Waals surface area contributed by atoms with Crippen molar-refractivity contribution in [1.82, 2.24) is 0 Å². The Morgan fingerprint density at radius 1 is 0.586 bits per heavy atom. The summed E-state index contributed by atoms with van der Waals surface area (Å²) in [6, 6.07) is 0. The molecular weight excluding hydrogens is 348 g/mol. The zero-order valence-electron chi connectivity index (χ0n) is 21.4. The Hall–Kier alpha value is -0.260. The molecule has 0 aliphatic heterocycles. The number of hydrogen-bond donors (Lipinski definition) is 0. The second-order valence-electron chi connectivity index (χ2n) is 10.4. The molecule has 174 valence electrons. The van der Waals surface area contributed by atoms with Crippen molar-refractivity contribution in [2.45, 2.75) is 163 Å². The van der Waals surface area contributed by atoms with Crippen molar-refractivity contribution < 1.29 is 0 Å². The number of unbranched alkanes of at least 4 members (excludes halogenated alkanes) is 16. The zero-order chi connectivity index (χ0) is 21.8. The van der Waals surface area contributed by atoms with Crippen LogP contribution in [0.5, 0.6) is 0 Å². The maximum absolute atomic E-state index is 4.49.